The molecule has 4 rings (SSSR count). The van der Waals surface area contributed by atoms with E-state index >= 15 is 0 Å². The van der Waals surface area contributed by atoms with E-state index in [0.717, 1.165) is 38.5 Å². The van der Waals surface area contributed by atoms with E-state index in [4.69, 9.17) is 0 Å². The number of hydrogen-bond donors (Lipinski definition) is 3. The predicted molar refractivity (Wildman–Crippen MR) is 90.1 cm³/mol. The van der Waals surface area contributed by atoms with Gasteiger partial charge in [0.15, 0.2) is 5.78 Å². The summed E-state index contributed by atoms with van der Waals surface area (Å²) in [5.74, 6) is 1.34. The SMILES string of the molecule is CC1(O)CC[C@H]2[C@@H]3CCC4CC(=O)C(O)C(O)[C@]4(C)[C@@H]3CC[C@@]21C. The van der Waals surface area contributed by atoms with Gasteiger partial charge in [-0.25, -0.2) is 0 Å². The zero-order chi connectivity index (χ0) is 17.5. The van der Waals surface area contributed by atoms with Crippen molar-refractivity contribution in [1.29, 1.82) is 0 Å². The van der Waals surface area contributed by atoms with Crippen LogP contribution in [0.15, 0.2) is 0 Å². The Morgan fingerprint density at radius 2 is 1.62 bits per heavy atom. The lowest BCUT2D eigenvalue weighted by atomic mass is 9.43. The number of fused-ring (bicyclic) bond motifs is 5. The van der Waals surface area contributed by atoms with Gasteiger partial charge in [0.2, 0.25) is 0 Å². The van der Waals surface area contributed by atoms with E-state index in [-0.39, 0.29) is 22.5 Å². The standard InChI is InChI=1S/C20H32O4/c1-18-8-6-14-12(13(18)7-9-19(18,2)24)5-4-11-10-15(21)16(22)17(23)20(11,14)3/h11-14,16-17,22-24H,4-10H2,1-3H3/t11?,12-,13-,14+,16?,17?,18-,19?,20-/m0/s1. The molecule has 0 aliphatic heterocycles. The molecule has 0 amide bonds. The molecule has 0 saturated heterocycles. The summed E-state index contributed by atoms with van der Waals surface area (Å²) in [5, 5.41) is 32.0. The van der Waals surface area contributed by atoms with Crippen molar-refractivity contribution in [3.63, 3.8) is 0 Å². The van der Waals surface area contributed by atoms with Crippen LogP contribution in [0.3, 0.4) is 0 Å². The zero-order valence-electron chi connectivity index (χ0n) is 15.2. The summed E-state index contributed by atoms with van der Waals surface area (Å²) in [5.41, 5.74) is -1.00. The monoisotopic (exact) mass is 336 g/mol. The molecule has 0 aromatic heterocycles. The molecule has 4 unspecified atom stereocenters. The summed E-state index contributed by atoms with van der Waals surface area (Å²) < 4.78 is 0. The minimum absolute atomic E-state index is 0.0363. The van der Waals surface area contributed by atoms with Crippen molar-refractivity contribution < 1.29 is 20.1 Å². The Labute approximate surface area is 144 Å². The van der Waals surface area contributed by atoms with Crippen molar-refractivity contribution in [1.82, 2.24) is 0 Å². The van der Waals surface area contributed by atoms with E-state index in [1.54, 1.807) is 0 Å². The Morgan fingerprint density at radius 1 is 0.958 bits per heavy atom. The number of ketones is 1. The Morgan fingerprint density at radius 3 is 2.33 bits per heavy atom. The summed E-state index contributed by atoms with van der Waals surface area (Å²) in [7, 11) is 0. The lowest BCUT2D eigenvalue weighted by Crippen LogP contribution is -2.63. The second-order valence-corrected chi connectivity index (χ2v) is 9.85. The topological polar surface area (TPSA) is 77.8 Å². The van der Waals surface area contributed by atoms with Crippen LogP contribution in [0.2, 0.25) is 0 Å². The zero-order valence-corrected chi connectivity index (χ0v) is 15.2. The Kier molecular flexibility index (Phi) is 3.57. The van der Waals surface area contributed by atoms with Crippen LogP contribution in [-0.4, -0.2) is 38.9 Å². The number of carbonyl (C=O) groups excluding carboxylic acids is 1. The number of aliphatic hydroxyl groups is 3. The van der Waals surface area contributed by atoms with Gasteiger partial charge in [0.1, 0.15) is 6.10 Å². The lowest BCUT2D eigenvalue weighted by Gasteiger charge is -2.62. The fraction of sp³-hybridized carbons (Fsp3) is 0.950. The highest BCUT2D eigenvalue weighted by Crippen LogP contribution is 2.67. The second kappa shape index (κ2) is 5.05. The molecule has 0 aromatic carbocycles. The molecular weight excluding hydrogens is 304 g/mol. The summed E-state index contributed by atoms with van der Waals surface area (Å²) in [6, 6.07) is 0. The maximum absolute atomic E-state index is 12.0. The highest BCUT2D eigenvalue weighted by Gasteiger charge is 2.65. The quantitative estimate of drug-likeness (QED) is 0.634. The Hall–Kier alpha value is -0.450. The molecule has 0 heterocycles. The molecule has 136 valence electrons. The van der Waals surface area contributed by atoms with Gasteiger partial charge in [0.05, 0.1) is 11.7 Å². The fourth-order valence-electron chi connectivity index (χ4n) is 7.38. The van der Waals surface area contributed by atoms with E-state index in [9.17, 15) is 20.1 Å². The van der Waals surface area contributed by atoms with E-state index in [2.05, 4.69) is 13.8 Å². The molecular formula is C20H32O4. The van der Waals surface area contributed by atoms with Gasteiger partial charge in [-0.3, -0.25) is 4.79 Å². The number of rotatable bonds is 0. The Bertz CT molecular complexity index is 554. The average molecular weight is 336 g/mol. The molecule has 3 N–H and O–H groups in total. The number of hydrogen-bond acceptors (Lipinski definition) is 4. The van der Waals surface area contributed by atoms with E-state index in [1.807, 2.05) is 6.92 Å². The lowest BCUT2D eigenvalue weighted by molar-refractivity contribution is -0.203. The Balaban J connectivity index is 1.69. The van der Waals surface area contributed by atoms with Crippen molar-refractivity contribution >= 4 is 5.78 Å². The van der Waals surface area contributed by atoms with Crippen molar-refractivity contribution in [2.75, 3.05) is 0 Å². The largest absolute Gasteiger partial charge is 0.390 e. The summed E-state index contributed by atoms with van der Waals surface area (Å²) in [4.78, 5) is 12.0. The smallest absolute Gasteiger partial charge is 0.164 e. The molecule has 0 radical (unpaired) electrons. The first kappa shape index (κ1) is 17.0. The molecule has 4 aliphatic carbocycles. The number of aliphatic hydroxyl groups excluding tert-OH is 2. The van der Waals surface area contributed by atoms with E-state index < -0.39 is 17.8 Å². The molecule has 4 saturated carbocycles. The third kappa shape index (κ3) is 1.88. The van der Waals surface area contributed by atoms with Gasteiger partial charge in [-0.05, 0) is 74.5 Å². The van der Waals surface area contributed by atoms with Crippen LogP contribution < -0.4 is 0 Å². The molecule has 4 heteroatoms. The summed E-state index contributed by atoms with van der Waals surface area (Å²) in [6.07, 6.45) is 4.19. The molecule has 0 spiro atoms. The average Bonchev–Trinajstić information content (AvgIpc) is 2.77. The predicted octanol–water partition coefficient (Wildman–Crippen LogP) is 2.29. The molecule has 4 nitrogen and oxygen atoms in total. The third-order valence-electron chi connectivity index (χ3n) is 9.24. The van der Waals surface area contributed by atoms with Gasteiger partial charge in [-0.15, -0.1) is 0 Å². The van der Waals surface area contributed by atoms with Crippen LogP contribution in [0.4, 0.5) is 0 Å². The van der Waals surface area contributed by atoms with Crippen LogP contribution >= 0.6 is 0 Å². The molecule has 9 atom stereocenters. The van der Waals surface area contributed by atoms with Gasteiger partial charge in [-0.2, -0.15) is 0 Å². The van der Waals surface area contributed by atoms with Crippen molar-refractivity contribution in [2.24, 2.45) is 34.5 Å². The first-order valence-corrected chi connectivity index (χ1v) is 9.74. The van der Waals surface area contributed by atoms with Crippen molar-refractivity contribution in [3.8, 4) is 0 Å². The van der Waals surface area contributed by atoms with Crippen molar-refractivity contribution in [2.45, 2.75) is 83.5 Å². The normalized spacial score (nSPS) is 60.3. The maximum Gasteiger partial charge on any atom is 0.164 e. The first-order valence-electron chi connectivity index (χ1n) is 9.74. The number of carbonyl (C=O) groups is 1. The molecule has 4 fully saturated rings. The highest BCUT2D eigenvalue weighted by atomic mass is 16.3. The van der Waals surface area contributed by atoms with Crippen LogP contribution in [0.5, 0.6) is 0 Å². The second-order valence-electron chi connectivity index (χ2n) is 9.85. The minimum atomic E-state index is -1.22. The molecule has 24 heavy (non-hydrogen) atoms. The van der Waals surface area contributed by atoms with Crippen LogP contribution in [0.25, 0.3) is 0 Å². The van der Waals surface area contributed by atoms with Gasteiger partial charge < -0.3 is 15.3 Å². The van der Waals surface area contributed by atoms with Gasteiger partial charge in [-0.1, -0.05) is 13.8 Å². The van der Waals surface area contributed by atoms with Gasteiger partial charge >= 0.3 is 0 Å². The van der Waals surface area contributed by atoms with E-state index in [1.165, 1.54) is 0 Å². The summed E-state index contributed by atoms with van der Waals surface area (Å²) in [6.45, 7) is 6.37. The third-order valence-corrected chi connectivity index (χ3v) is 9.24. The van der Waals surface area contributed by atoms with Crippen molar-refractivity contribution in [3.05, 3.63) is 0 Å². The van der Waals surface area contributed by atoms with Crippen LogP contribution in [0.1, 0.15) is 65.7 Å². The minimum Gasteiger partial charge on any atom is -0.390 e. The van der Waals surface area contributed by atoms with Crippen LogP contribution in [-0.2, 0) is 4.79 Å². The number of Topliss-reactive ketones (excluding diaryl/α,β-unsaturated/α-hetero) is 1. The molecule has 4 aliphatic rings. The van der Waals surface area contributed by atoms with Gasteiger partial charge in [0, 0.05) is 11.8 Å². The first-order chi connectivity index (χ1) is 11.1. The molecule has 0 bridgehead atoms. The van der Waals surface area contributed by atoms with Crippen LogP contribution in [0, 0.1) is 34.5 Å². The molecule has 0 aromatic rings. The summed E-state index contributed by atoms with van der Waals surface area (Å²) >= 11 is 0. The maximum atomic E-state index is 12.0. The highest BCUT2D eigenvalue weighted by molar-refractivity contribution is 5.85. The van der Waals surface area contributed by atoms with E-state index in [0.29, 0.717) is 24.2 Å². The fourth-order valence-corrected chi connectivity index (χ4v) is 7.38. The van der Waals surface area contributed by atoms with Gasteiger partial charge in [0.25, 0.3) is 0 Å².